The molecule has 0 bridgehead atoms. The lowest BCUT2D eigenvalue weighted by molar-refractivity contribution is -0.385. The Morgan fingerprint density at radius 1 is 1.24 bits per heavy atom. The monoisotopic (exact) mass is 321 g/mol. The molecule has 2 rings (SSSR count). The Balaban J connectivity index is 2.25. The van der Waals surface area contributed by atoms with Crippen molar-refractivity contribution < 1.29 is 4.92 Å². The highest BCUT2D eigenvalue weighted by molar-refractivity contribution is 6.33. The molecule has 0 aromatic heterocycles. The minimum Gasteiger partial charge on any atom is -0.379 e. The van der Waals surface area contributed by atoms with Crippen LogP contribution in [0.5, 0.6) is 0 Å². The lowest BCUT2D eigenvalue weighted by atomic mass is 10.1. The van der Waals surface area contributed by atoms with Gasteiger partial charge in [-0.25, -0.2) is 0 Å². The van der Waals surface area contributed by atoms with Gasteiger partial charge in [0.1, 0.15) is 0 Å². The van der Waals surface area contributed by atoms with Gasteiger partial charge in [0.25, 0.3) is 5.69 Å². The molecule has 21 heavy (non-hydrogen) atoms. The van der Waals surface area contributed by atoms with Gasteiger partial charge in [0, 0.05) is 12.6 Å². The maximum Gasteiger partial charge on any atom is 0.275 e. The molecule has 1 N–H and O–H groups in total. The minimum absolute atomic E-state index is 0.0558. The van der Waals surface area contributed by atoms with Gasteiger partial charge in [0.2, 0.25) is 0 Å². The van der Waals surface area contributed by atoms with E-state index in [0.717, 1.165) is 0 Å². The van der Waals surface area contributed by atoms with E-state index in [1.807, 2.05) is 6.07 Å². The first-order chi connectivity index (χ1) is 10.0. The Labute approximate surface area is 130 Å². The molecule has 0 spiro atoms. The molecule has 0 radical (unpaired) electrons. The van der Waals surface area contributed by atoms with Crippen LogP contribution in [0, 0.1) is 21.4 Å². The first-order valence-electron chi connectivity index (χ1n) is 5.88. The van der Waals surface area contributed by atoms with E-state index in [1.165, 1.54) is 18.2 Å². The van der Waals surface area contributed by atoms with Gasteiger partial charge >= 0.3 is 0 Å². The molecular weight excluding hydrogens is 313 g/mol. The van der Waals surface area contributed by atoms with E-state index in [1.54, 1.807) is 18.2 Å². The first-order valence-corrected chi connectivity index (χ1v) is 6.64. The van der Waals surface area contributed by atoms with Crippen LogP contribution in [0.1, 0.15) is 11.1 Å². The number of nitro groups is 1. The normalized spacial score (nSPS) is 9.95. The molecule has 0 aliphatic heterocycles. The van der Waals surface area contributed by atoms with Gasteiger partial charge in [0.15, 0.2) is 0 Å². The molecular formula is C14H9Cl2N3O2. The number of anilines is 1. The molecule has 7 heteroatoms. The lowest BCUT2D eigenvalue weighted by Crippen LogP contribution is -2.04. The fourth-order valence-corrected chi connectivity index (χ4v) is 2.29. The van der Waals surface area contributed by atoms with Crippen molar-refractivity contribution in [3.05, 3.63) is 67.7 Å². The number of rotatable bonds is 4. The van der Waals surface area contributed by atoms with Crippen molar-refractivity contribution in [1.82, 2.24) is 0 Å². The van der Waals surface area contributed by atoms with Gasteiger partial charge in [-0.3, -0.25) is 10.1 Å². The molecule has 0 heterocycles. The SMILES string of the molecule is N#Cc1ccc(NCc2c(Cl)cccc2[N+](=O)[O-])c(Cl)c1. The standard InChI is InChI=1S/C14H9Cl2N3O2/c15-11-2-1-3-14(19(20)21)10(11)8-18-13-5-4-9(7-17)6-12(13)16/h1-6,18H,8H2. The highest BCUT2D eigenvalue weighted by Gasteiger charge is 2.16. The van der Waals surface area contributed by atoms with Gasteiger partial charge in [0.05, 0.1) is 37.9 Å². The van der Waals surface area contributed by atoms with E-state index >= 15 is 0 Å². The van der Waals surface area contributed by atoms with Crippen LogP contribution in [0.15, 0.2) is 36.4 Å². The van der Waals surface area contributed by atoms with Crippen molar-refractivity contribution in [3.63, 3.8) is 0 Å². The summed E-state index contributed by atoms with van der Waals surface area (Å²) in [5.41, 5.74) is 1.34. The first kappa shape index (κ1) is 15.1. The average Bonchev–Trinajstić information content (AvgIpc) is 2.46. The molecule has 2 aromatic rings. The van der Waals surface area contributed by atoms with Gasteiger partial charge < -0.3 is 5.32 Å². The summed E-state index contributed by atoms with van der Waals surface area (Å²) < 4.78 is 0. The van der Waals surface area contributed by atoms with E-state index in [2.05, 4.69) is 5.32 Å². The molecule has 0 aliphatic carbocycles. The van der Waals surface area contributed by atoms with E-state index in [4.69, 9.17) is 28.5 Å². The molecule has 0 saturated carbocycles. The molecule has 2 aromatic carbocycles. The van der Waals surface area contributed by atoms with E-state index in [0.29, 0.717) is 26.9 Å². The number of nitriles is 1. The maximum atomic E-state index is 11.0. The van der Waals surface area contributed by atoms with E-state index < -0.39 is 4.92 Å². The fourth-order valence-electron chi connectivity index (χ4n) is 1.80. The summed E-state index contributed by atoms with van der Waals surface area (Å²) in [5.74, 6) is 0. The number of nitrogens with one attached hydrogen (secondary N) is 1. The quantitative estimate of drug-likeness (QED) is 0.669. The van der Waals surface area contributed by atoms with Crippen LogP contribution in [0.25, 0.3) is 0 Å². The second-order valence-electron chi connectivity index (χ2n) is 4.15. The van der Waals surface area contributed by atoms with Crippen molar-refractivity contribution in [2.75, 3.05) is 5.32 Å². The van der Waals surface area contributed by atoms with Crippen LogP contribution in [-0.2, 0) is 6.54 Å². The molecule has 0 fully saturated rings. The third kappa shape index (κ3) is 3.43. The number of nitrogens with zero attached hydrogens (tertiary/aromatic N) is 2. The number of hydrogen-bond donors (Lipinski definition) is 1. The van der Waals surface area contributed by atoms with Crippen LogP contribution in [0.2, 0.25) is 10.0 Å². The predicted octanol–water partition coefficient (Wildman–Crippen LogP) is 4.39. The van der Waals surface area contributed by atoms with Crippen molar-refractivity contribution in [2.24, 2.45) is 0 Å². The van der Waals surface area contributed by atoms with E-state index in [9.17, 15) is 10.1 Å². The molecule has 0 unspecified atom stereocenters. The summed E-state index contributed by atoms with van der Waals surface area (Å²) in [6.45, 7) is 0.154. The summed E-state index contributed by atoms with van der Waals surface area (Å²) in [5, 5.41) is 23.4. The Hall–Kier alpha value is -2.29. The summed E-state index contributed by atoms with van der Waals surface area (Å²) in [7, 11) is 0. The van der Waals surface area contributed by atoms with Crippen LogP contribution in [-0.4, -0.2) is 4.92 Å². The third-order valence-corrected chi connectivity index (χ3v) is 3.51. The number of hydrogen-bond acceptors (Lipinski definition) is 4. The minimum atomic E-state index is -0.483. The molecule has 0 atom stereocenters. The summed E-state index contributed by atoms with van der Waals surface area (Å²) in [6.07, 6.45) is 0. The van der Waals surface area contributed by atoms with Crippen LogP contribution in [0.4, 0.5) is 11.4 Å². The Morgan fingerprint density at radius 3 is 2.62 bits per heavy atom. The highest BCUT2D eigenvalue weighted by Crippen LogP contribution is 2.29. The zero-order valence-electron chi connectivity index (χ0n) is 10.6. The van der Waals surface area contributed by atoms with Gasteiger partial charge in [-0.2, -0.15) is 5.26 Å². The smallest absolute Gasteiger partial charge is 0.275 e. The van der Waals surface area contributed by atoms with Crippen LogP contribution in [0.3, 0.4) is 0 Å². The van der Waals surface area contributed by atoms with Gasteiger partial charge in [-0.15, -0.1) is 0 Å². The Bertz CT molecular complexity index is 741. The molecule has 0 aliphatic rings. The fraction of sp³-hybridized carbons (Fsp3) is 0.0714. The van der Waals surface area contributed by atoms with Crippen molar-refractivity contribution in [3.8, 4) is 6.07 Å². The molecule has 5 nitrogen and oxygen atoms in total. The zero-order valence-corrected chi connectivity index (χ0v) is 12.1. The average molecular weight is 322 g/mol. The predicted molar refractivity (Wildman–Crippen MR) is 81.6 cm³/mol. The van der Waals surface area contributed by atoms with Crippen LogP contribution < -0.4 is 5.32 Å². The number of nitro benzene ring substituents is 1. The van der Waals surface area contributed by atoms with Gasteiger partial charge in [-0.1, -0.05) is 29.3 Å². The van der Waals surface area contributed by atoms with Crippen molar-refractivity contribution >= 4 is 34.6 Å². The van der Waals surface area contributed by atoms with Crippen molar-refractivity contribution in [1.29, 1.82) is 5.26 Å². The summed E-state index contributed by atoms with van der Waals surface area (Å²) in [6, 6.07) is 11.3. The maximum absolute atomic E-state index is 11.0. The Morgan fingerprint density at radius 2 is 2.00 bits per heavy atom. The lowest BCUT2D eigenvalue weighted by Gasteiger charge is -2.10. The topological polar surface area (TPSA) is 79.0 Å². The van der Waals surface area contributed by atoms with Crippen LogP contribution >= 0.6 is 23.2 Å². The third-order valence-electron chi connectivity index (χ3n) is 2.84. The summed E-state index contributed by atoms with van der Waals surface area (Å²) >= 11 is 12.0. The second kappa shape index (κ2) is 6.44. The largest absolute Gasteiger partial charge is 0.379 e. The Kier molecular flexibility index (Phi) is 4.63. The molecule has 0 saturated heterocycles. The number of halogens is 2. The number of benzene rings is 2. The summed E-state index contributed by atoms with van der Waals surface area (Å²) in [4.78, 5) is 10.5. The van der Waals surface area contributed by atoms with Crippen molar-refractivity contribution in [2.45, 2.75) is 6.54 Å². The van der Waals surface area contributed by atoms with Gasteiger partial charge in [-0.05, 0) is 24.3 Å². The molecule has 106 valence electrons. The highest BCUT2D eigenvalue weighted by atomic mass is 35.5. The zero-order chi connectivity index (χ0) is 15.4. The molecule has 0 amide bonds. The second-order valence-corrected chi connectivity index (χ2v) is 4.97. The van der Waals surface area contributed by atoms with E-state index in [-0.39, 0.29) is 12.2 Å².